The molecule has 0 aliphatic carbocycles. The first-order chi connectivity index (χ1) is 14.3. The predicted octanol–water partition coefficient (Wildman–Crippen LogP) is 5.73. The zero-order valence-corrected chi connectivity index (χ0v) is 15.9. The first-order valence-electron chi connectivity index (χ1n) is 9.50. The fourth-order valence-corrected chi connectivity index (χ4v) is 3.47. The summed E-state index contributed by atoms with van der Waals surface area (Å²) in [6.45, 7) is 1.90. The van der Waals surface area contributed by atoms with Crippen molar-refractivity contribution >= 4 is 10.9 Å². The molecule has 29 heavy (non-hydrogen) atoms. The Hall–Kier alpha value is -3.92. The van der Waals surface area contributed by atoms with Gasteiger partial charge in [0.15, 0.2) is 11.6 Å². The van der Waals surface area contributed by atoms with Crippen molar-refractivity contribution in [1.29, 1.82) is 0 Å². The maximum Gasteiger partial charge on any atom is 0.163 e. The normalized spacial score (nSPS) is 10.9. The SMILES string of the molecule is Cc1nc(-c2ccccc2)nc(-c2ccc(-c3ccnc4ccccc34)cc2)n1. The highest BCUT2D eigenvalue weighted by Crippen LogP contribution is 2.29. The fraction of sp³-hybridized carbons (Fsp3) is 0.0400. The molecule has 2 aromatic heterocycles. The van der Waals surface area contributed by atoms with E-state index in [1.165, 1.54) is 5.56 Å². The summed E-state index contributed by atoms with van der Waals surface area (Å²) < 4.78 is 0. The van der Waals surface area contributed by atoms with Gasteiger partial charge in [0.25, 0.3) is 0 Å². The lowest BCUT2D eigenvalue weighted by molar-refractivity contribution is 0.992. The fourth-order valence-electron chi connectivity index (χ4n) is 3.47. The number of para-hydroxylation sites is 1. The summed E-state index contributed by atoms with van der Waals surface area (Å²) in [7, 11) is 0. The van der Waals surface area contributed by atoms with Crippen LogP contribution in [-0.2, 0) is 0 Å². The minimum atomic E-state index is 0.683. The van der Waals surface area contributed by atoms with Crippen LogP contribution in [0.1, 0.15) is 5.82 Å². The highest BCUT2D eigenvalue weighted by atomic mass is 15.0. The van der Waals surface area contributed by atoms with E-state index in [9.17, 15) is 0 Å². The van der Waals surface area contributed by atoms with Gasteiger partial charge in [-0.25, -0.2) is 15.0 Å². The van der Waals surface area contributed by atoms with Crippen molar-refractivity contribution in [2.45, 2.75) is 6.92 Å². The van der Waals surface area contributed by atoms with Crippen LogP contribution in [-0.4, -0.2) is 19.9 Å². The van der Waals surface area contributed by atoms with Crippen LogP contribution < -0.4 is 0 Å². The molecule has 3 aromatic carbocycles. The average Bonchev–Trinajstić information content (AvgIpc) is 2.79. The molecule has 5 aromatic rings. The van der Waals surface area contributed by atoms with Crippen molar-refractivity contribution in [1.82, 2.24) is 19.9 Å². The first kappa shape index (κ1) is 17.2. The van der Waals surface area contributed by atoms with Gasteiger partial charge < -0.3 is 0 Å². The molecule has 2 heterocycles. The number of aromatic nitrogens is 4. The van der Waals surface area contributed by atoms with E-state index in [4.69, 9.17) is 4.98 Å². The summed E-state index contributed by atoms with van der Waals surface area (Å²) >= 11 is 0. The number of pyridine rings is 1. The van der Waals surface area contributed by atoms with Crippen LogP contribution in [0.5, 0.6) is 0 Å². The van der Waals surface area contributed by atoms with Crippen LogP contribution in [0.4, 0.5) is 0 Å². The number of hydrogen-bond donors (Lipinski definition) is 0. The molecule has 0 atom stereocenters. The van der Waals surface area contributed by atoms with Crippen LogP contribution in [0.15, 0.2) is 91.1 Å². The van der Waals surface area contributed by atoms with E-state index in [0.29, 0.717) is 17.5 Å². The van der Waals surface area contributed by atoms with Crippen molar-refractivity contribution in [2.24, 2.45) is 0 Å². The lowest BCUT2D eigenvalue weighted by Crippen LogP contribution is -1.99. The Morgan fingerprint density at radius 2 is 1.17 bits per heavy atom. The Morgan fingerprint density at radius 1 is 0.552 bits per heavy atom. The molecule has 0 bridgehead atoms. The van der Waals surface area contributed by atoms with E-state index in [1.54, 1.807) is 0 Å². The standard InChI is InChI=1S/C25H18N4/c1-17-27-24(19-7-3-2-4-8-19)29-25(28-17)20-13-11-18(12-14-20)21-15-16-26-23-10-6-5-9-22(21)23/h2-16H,1H3. The van der Waals surface area contributed by atoms with Gasteiger partial charge in [0, 0.05) is 22.7 Å². The second kappa shape index (κ2) is 7.24. The van der Waals surface area contributed by atoms with Crippen molar-refractivity contribution in [2.75, 3.05) is 0 Å². The van der Waals surface area contributed by atoms with Gasteiger partial charge in [-0.2, -0.15) is 0 Å². The van der Waals surface area contributed by atoms with E-state index < -0.39 is 0 Å². The highest BCUT2D eigenvalue weighted by molar-refractivity contribution is 5.94. The Labute approximate surface area is 169 Å². The third-order valence-electron chi connectivity index (χ3n) is 4.88. The molecular formula is C25H18N4. The molecule has 0 fully saturated rings. The van der Waals surface area contributed by atoms with Gasteiger partial charge >= 0.3 is 0 Å². The van der Waals surface area contributed by atoms with Gasteiger partial charge in [-0.05, 0) is 30.2 Å². The van der Waals surface area contributed by atoms with E-state index in [-0.39, 0.29) is 0 Å². The van der Waals surface area contributed by atoms with E-state index in [0.717, 1.165) is 27.6 Å². The lowest BCUT2D eigenvalue weighted by Gasteiger charge is -2.08. The van der Waals surface area contributed by atoms with Gasteiger partial charge in [-0.15, -0.1) is 0 Å². The van der Waals surface area contributed by atoms with Gasteiger partial charge in [0.1, 0.15) is 5.82 Å². The first-order valence-corrected chi connectivity index (χ1v) is 9.50. The Kier molecular flexibility index (Phi) is 4.30. The summed E-state index contributed by atoms with van der Waals surface area (Å²) in [5, 5.41) is 1.14. The molecule has 0 unspecified atom stereocenters. The molecule has 0 aliphatic heterocycles. The summed E-state index contributed by atoms with van der Waals surface area (Å²) in [4.78, 5) is 18.2. The van der Waals surface area contributed by atoms with Gasteiger partial charge in [0.2, 0.25) is 0 Å². The second-order valence-corrected chi connectivity index (χ2v) is 6.85. The molecule has 0 radical (unpaired) electrons. The molecule has 0 spiro atoms. The molecule has 5 rings (SSSR count). The monoisotopic (exact) mass is 374 g/mol. The highest BCUT2D eigenvalue weighted by Gasteiger charge is 2.09. The summed E-state index contributed by atoms with van der Waals surface area (Å²) in [6.07, 6.45) is 1.85. The van der Waals surface area contributed by atoms with Crippen molar-refractivity contribution in [3.8, 4) is 33.9 Å². The average molecular weight is 374 g/mol. The Balaban J connectivity index is 1.55. The molecule has 4 heteroatoms. The minimum absolute atomic E-state index is 0.683. The summed E-state index contributed by atoms with van der Waals surface area (Å²) in [5.41, 5.74) is 5.25. The second-order valence-electron chi connectivity index (χ2n) is 6.85. The van der Waals surface area contributed by atoms with Gasteiger partial charge in [-0.3, -0.25) is 4.98 Å². The van der Waals surface area contributed by atoms with Gasteiger partial charge in [0.05, 0.1) is 5.52 Å². The molecule has 0 amide bonds. The van der Waals surface area contributed by atoms with Gasteiger partial charge in [-0.1, -0.05) is 72.8 Å². The van der Waals surface area contributed by atoms with Crippen molar-refractivity contribution in [3.05, 3.63) is 97.0 Å². The maximum absolute atomic E-state index is 4.69. The van der Waals surface area contributed by atoms with Crippen LogP contribution in [0.2, 0.25) is 0 Å². The molecular weight excluding hydrogens is 356 g/mol. The van der Waals surface area contributed by atoms with Crippen molar-refractivity contribution in [3.63, 3.8) is 0 Å². The zero-order chi connectivity index (χ0) is 19.6. The number of benzene rings is 3. The third kappa shape index (κ3) is 3.36. The van der Waals surface area contributed by atoms with Crippen LogP contribution in [0.25, 0.3) is 44.8 Å². The zero-order valence-electron chi connectivity index (χ0n) is 15.9. The number of nitrogens with zero attached hydrogens (tertiary/aromatic N) is 4. The molecule has 4 nitrogen and oxygen atoms in total. The Bertz CT molecular complexity index is 1290. The third-order valence-corrected chi connectivity index (χ3v) is 4.88. The maximum atomic E-state index is 4.69. The summed E-state index contributed by atoms with van der Waals surface area (Å²) in [5.74, 6) is 2.08. The molecule has 0 saturated carbocycles. The van der Waals surface area contributed by atoms with Crippen LogP contribution in [0, 0.1) is 6.92 Å². The summed E-state index contributed by atoms with van der Waals surface area (Å²) in [6, 6.07) is 28.6. The van der Waals surface area contributed by atoms with E-state index in [1.807, 2.05) is 61.7 Å². The topological polar surface area (TPSA) is 51.6 Å². The van der Waals surface area contributed by atoms with Crippen LogP contribution >= 0.6 is 0 Å². The lowest BCUT2D eigenvalue weighted by atomic mass is 10.00. The molecule has 138 valence electrons. The quantitative estimate of drug-likeness (QED) is 0.405. The Morgan fingerprint density at radius 3 is 1.93 bits per heavy atom. The number of aryl methyl sites for hydroxylation is 1. The van der Waals surface area contributed by atoms with Crippen molar-refractivity contribution < 1.29 is 0 Å². The number of rotatable bonds is 3. The molecule has 0 saturated heterocycles. The van der Waals surface area contributed by atoms with Crippen LogP contribution in [0.3, 0.4) is 0 Å². The molecule has 0 N–H and O–H groups in total. The molecule has 0 aliphatic rings. The largest absolute Gasteiger partial charge is 0.256 e. The smallest absolute Gasteiger partial charge is 0.163 e. The predicted molar refractivity (Wildman–Crippen MR) is 116 cm³/mol. The van der Waals surface area contributed by atoms with E-state index in [2.05, 4.69) is 51.4 Å². The number of hydrogen-bond acceptors (Lipinski definition) is 4. The number of fused-ring (bicyclic) bond motifs is 1. The minimum Gasteiger partial charge on any atom is -0.256 e. The van der Waals surface area contributed by atoms with E-state index >= 15 is 0 Å².